The van der Waals surface area contributed by atoms with E-state index in [9.17, 15) is 4.79 Å². The molecule has 4 aliphatic carbocycles. The zero-order valence-corrected chi connectivity index (χ0v) is 11.8. The Balaban J connectivity index is 1.54. The van der Waals surface area contributed by atoms with Gasteiger partial charge in [-0.1, -0.05) is 0 Å². The second-order valence-electron chi connectivity index (χ2n) is 7.27. The first kappa shape index (κ1) is 12.2. The molecule has 0 saturated heterocycles. The first-order valence-electron chi connectivity index (χ1n) is 7.80. The zero-order valence-electron chi connectivity index (χ0n) is 11.8. The molecule has 1 amide bonds. The highest BCUT2D eigenvalue weighted by Crippen LogP contribution is 2.60. The number of nitrogens with one attached hydrogen (secondary N) is 1. The number of rotatable bonds is 2. The van der Waals surface area contributed by atoms with Gasteiger partial charge in [-0.05, 0) is 80.5 Å². The van der Waals surface area contributed by atoms with Crippen LogP contribution in [0.25, 0.3) is 0 Å². The minimum absolute atomic E-state index is 0.0733. The van der Waals surface area contributed by atoms with Crippen LogP contribution in [0.3, 0.4) is 0 Å². The van der Waals surface area contributed by atoms with Gasteiger partial charge in [0.05, 0.1) is 5.41 Å². The van der Waals surface area contributed by atoms with Gasteiger partial charge in [-0.2, -0.15) is 0 Å². The van der Waals surface area contributed by atoms with E-state index in [1.165, 1.54) is 19.3 Å². The summed E-state index contributed by atoms with van der Waals surface area (Å²) in [6.45, 7) is 0. The van der Waals surface area contributed by atoms with Crippen molar-refractivity contribution in [1.29, 1.82) is 0 Å². The average molecular weight is 270 g/mol. The van der Waals surface area contributed by atoms with Gasteiger partial charge in [0.25, 0.3) is 0 Å². The Morgan fingerprint density at radius 2 is 1.50 bits per heavy atom. The molecule has 1 aromatic carbocycles. The summed E-state index contributed by atoms with van der Waals surface area (Å²) in [5.41, 5.74) is 7.23. The Labute approximate surface area is 119 Å². The molecule has 3 N–H and O–H groups in total. The first-order chi connectivity index (χ1) is 9.63. The Morgan fingerprint density at radius 1 is 1.00 bits per heavy atom. The van der Waals surface area contributed by atoms with Gasteiger partial charge in [0.15, 0.2) is 0 Å². The van der Waals surface area contributed by atoms with Crippen LogP contribution in [0, 0.1) is 23.2 Å². The molecule has 106 valence electrons. The Bertz CT molecular complexity index is 499. The van der Waals surface area contributed by atoms with Crippen LogP contribution in [0.5, 0.6) is 0 Å². The van der Waals surface area contributed by atoms with E-state index >= 15 is 0 Å². The fourth-order valence-corrected chi connectivity index (χ4v) is 5.22. The van der Waals surface area contributed by atoms with E-state index in [0.717, 1.165) is 48.4 Å². The molecule has 5 rings (SSSR count). The van der Waals surface area contributed by atoms with Gasteiger partial charge in [0, 0.05) is 11.4 Å². The molecular weight excluding hydrogens is 248 g/mol. The Hall–Kier alpha value is -1.51. The van der Waals surface area contributed by atoms with Gasteiger partial charge in [0.2, 0.25) is 5.91 Å². The van der Waals surface area contributed by atoms with Crippen LogP contribution in [-0.2, 0) is 4.79 Å². The maximum absolute atomic E-state index is 12.8. The summed E-state index contributed by atoms with van der Waals surface area (Å²) in [6, 6.07) is 7.48. The molecule has 4 fully saturated rings. The monoisotopic (exact) mass is 270 g/mol. The Morgan fingerprint density at radius 3 is 2.00 bits per heavy atom. The molecule has 0 atom stereocenters. The van der Waals surface area contributed by atoms with Gasteiger partial charge in [-0.3, -0.25) is 4.79 Å². The summed E-state index contributed by atoms with van der Waals surface area (Å²) >= 11 is 0. The van der Waals surface area contributed by atoms with Crippen molar-refractivity contribution in [2.75, 3.05) is 11.1 Å². The molecule has 0 aliphatic heterocycles. The summed E-state index contributed by atoms with van der Waals surface area (Å²) in [5, 5.41) is 3.13. The molecule has 4 aliphatic rings. The van der Waals surface area contributed by atoms with Crippen molar-refractivity contribution in [3.8, 4) is 0 Å². The molecule has 0 unspecified atom stereocenters. The Kier molecular flexibility index (Phi) is 2.60. The number of nitrogens with two attached hydrogens (primary N) is 1. The molecule has 0 aromatic heterocycles. The predicted octanol–water partition coefficient (Wildman–Crippen LogP) is 3.42. The van der Waals surface area contributed by atoms with Gasteiger partial charge < -0.3 is 11.1 Å². The third kappa shape index (κ3) is 1.91. The third-order valence-corrected chi connectivity index (χ3v) is 5.69. The van der Waals surface area contributed by atoms with Gasteiger partial charge in [0.1, 0.15) is 0 Å². The SMILES string of the molecule is Nc1ccc(NC(=O)C23CC4CC(CC(C4)C2)C3)cc1. The van der Waals surface area contributed by atoms with Crippen LogP contribution in [-0.4, -0.2) is 5.91 Å². The summed E-state index contributed by atoms with van der Waals surface area (Å²) in [6.07, 6.45) is 7.44. The minimum atomic E-state index is -0.0733. The molecule has 0 spiro atoms. The van der Waals surface area contributed by atoms with Crippen LogP contribution in [0.15, 0.2) is 24.3 Å². The molecule has 20 heavy (non-hydrogen) atoms. The third-order valence-electron chi connectivity index (χ3n) is 5.69. The lowest BCUT2D eigenvalue weighted by Crippen LogP contribution is -2.51. The van der Waals surface area contributed by atoms with Crippen LogP contribution < -0.4 is 11.1 Å². The van der Waals surface area contributed by atoms with Gasteiger partial charge in [-0.15, -0.1) is 0 Å². The van der Waals surface area contributed by atoms with Crippen molar-refractivity contribution >= 4 is 17.3 Å². The number of hydrogen-bond acceptors (Lipinski definition) is 2. The van der Waals surface area contributed by atoms with E-state index in [0.29, 0.717) is 0 Å². The maximum atomic E-state index is 12.8. The molecule has 0 heterocycles. The smallest absolute Gasteiger partial charge is 0.230 e. The van der Waals surface area contributed by atoms with Crippen LogP contribution in [0.4, 0.5) is 11.4 Å². The van der Waals surface area contributed by atoms with Crippen LogP contribution in [0.2, 0.25) is 0 Å². The van der Waals surface area contributed by atoms with Gasteiger partial charge >= 0.3 is 0 Å². The number of hydrogen-bond donors (Lipinski definition) is 2. The number of carbonyl (C=O) groups excluding carboxylic acids is 1. The van der Waals surface area contributed by atoms with E-state index in [4.69, 9.17) is 5.73 Å². The summed E-state index contributed by atoms with van der Waals surface area (Å²) < 4.78 is 0. The fraction of sp³-hybridized carbons (Fsp3) is 0.588. The van der Waals surface area contributed by atoms with Gasteiger partial charge in [-0.25, -0.2) is 0 Å². The van der Waals surface area contributed by atoms with Crippen molar-refractivity contribution in [2.24, 2.45) is 23.2 Å². The van der Waals surface area contributed by atoms with E-state index in [-0.39, 0.29) is 11.3 Å². The van der Waals surface area contributed by atoms with Crippen LogP contribution in [0.1, 0.15) is 38.5 Å². The lowest BCUT2D eigenvalue weighted by molar-refractivity contribution is -0.140. The van der Waals surface area contributed by atoms with Crippen molar-refractivity contribution in [1.82, 2.24) is 0 Å². The summed E-state index contributed by atoms with van der Waals surface area (Å²) in [7, 11) is 0. The minimum Gasteiger partial charge on any atom is -0.399 e. The molecular formula is C17H22N2O. The fourth-order valence-electron chi connectivity index (χ4n) is 5.22. The van der Waals surface area contributed by atoms with Crippen molar-refractivity contribution in [2.45, 2.75) is 38.5 Å². The molecule has 3 nitrogen and oxygen atoms in total. The number of nitrogen functional groups attached to an aromatic ring is 1. The predicted molar refractivity (Wildman–Crippen MR) is 80.1 cm³/mol. The highest BCUT2D eigenvalue weighted by molar-refractivity contribution is 5.95. The lowest BCUT2D eigenvalue weighted by atomic mass is 9.49. The van der Waals surface area contributed by atoms with E-state index < -0.39 is 0 Å². The summed E-state index contributed by atoms with van der Waals surface area (Å²) in [5.74, 6) is 2.66. The second-order valence-corrected chi connectivity index (χ2v) is 7.27. The van der Waals surface area contributed by atoms with Crippen molar-refractivity contribution in [3.05, 3.63) is 24.3 Å². The average Bonchev–Trinajstić information content (AvgIpc) is 2.40. The zero-order chi connectivity index (χ0) is 13.7. The first-order valence-corrected chi connectivity index (χ1v) is 7.80. The van der Waals surface area contributed by atoms with Crippen LogP contribution >= 0.6 is 0 Å². The van der Waals surface area contributed by atoms with E-state index in [1.807, 2.05) is 24.3 Å². The maximum Gasteiger partial charge on any atom is 0.230 e. The standard InChI is InChI=1S/C17H22N2O/c18-14-1-3-15(4-2-14)19-16(20)17-8-11-5-12(9-17)7-13(6-11)10-17/h1-4,11-13H,5-10,18H2,(H,19,20). The highest BCUT2D eigenvalue weighted by Gasteiger charge is 2.54. The normalized spacial score (nSPS) is 37.9. The van der Waals surface area contributed by atoms with E-state index in [1.54, 1.807) is 0 Å². The quantitative estimate of drug-likeness (QED) is 0.809. The molecule has 4 bridgehead atoms. The molecule has 1 aromatic rings. The van der Waals surface area contributed by atoms with Crippen molar-refractivity contribution < 1.29 is 4.79 Å². The molecule has 0 radical (unpaired) electrons. The number of anilines is 2. The number of carbonyl (C=O) groups is 1. The molecule has 4 saturated carbocycles. The highest BCUT2D eigenvalue weighted by atomic mass is 16.2. The molecule has 3 heteroatoms. The topological polar surface area (TPSA) is 55.1 Å². The lowest BCUT2D eigenvalue weighted by Gasteiger charge is -2.55. The number of benzene rings is 1. The second kappa shape index (κ2) is 4.24. The van der Waals surface area contributed by atoms with E-state index in [2.05, 4.69) is 5.32 Å². The largest absolute Gasteiger partial charge is 0.399 e. The summed E-state index contributed by atoms with van der Waals surface area (Å²) in [4.78, 5) is 12.8. The number of amides is 1. The van der Waals surface area contributed by atoms with Crippen molar-refractivity contribution in [3.63, 3.8) is 0 Å².